The number of likely N-dealkylation sites (tertiary alicyclic amines) is 1. The number of aliphatic hydroxyl groups is 1. The summed E-state index contributed by atoms with van der Waals surface area (Å²) in [6, 6.07) is -0.648. The monoisotopic (exact) mass is 244 g/mol. The summed E-state index contributed by atoms with van der Waals surface area (Å²) in [5.74, 6) is -0.285. The van der Waals surface area contributed by atoms with Crippen LogP contribution in [0.25, 0.3) is 0 Å². The molecule has 0 saturated carbocycles. The van der Waals surface area contributed by atoms with Crippen LogP contribution in [0.15, 0.2) is 0 Å². The number of aliphatic hydroxyl groups excluding tert-OH is 1. The van der Waals surface area contributed by atoms with Gasteiger partial charge in [-0.1, -0.05) is 0 Å². The van der Waals surface area contributed by atoms with E-state index in [2.05, 4.69) is 5.32 Å². The molecule has 0 aromatic rings. The smallest absolute Gasteiger partial charge is 0.411 e. The number of β-amino-alcohol motifs (C(OH)–C–C–N with tert-alkyl or cyclic N) is 1. The third kappa shape index (κ3) is 3.59. The molecule has 1 rings (SSSR count). The van der Waals surface area contributed by atoms with Gasteiger partial charge in [0.25, 0.3) is 0 Å². The molecule has 17 heavy (non-hydrogen) atoms. The topological polar surface area (TPSA) is 78.9 Å². The van der Waals surface area contributed by atoms with E-state index in [0.29, 0.717) is 0 Å². The van der Waals surface area contributed by atoms with E-state index in [0.717, 1.165) is 0 Å². The second-order valence-electron chi connectivity index (χ2n) is 5.15. The van der Waals surface area contributed by atoms with Gasteiger partial charge in [0.2, 0.25) is 5.91 Å². The Morgan fingerprint density at radius 2 is 2.00 bits per heavy atom. The van der Waals surface area contributed by atoms with Crippen molar-refractivity contribution in [1.29, 1.82) is 0 Å². The van der Waals surface area contributed by atoms with Crippen molar-refractivity contribution < 1.29 is 19.4 Å². The third-order valence-electron chi connectivity index (χ3n) is 2.46. The van der Waals surface area contributed by atoms with Crippen LogP contribution in [-0.2, 0) is 9.53 Å². The van der Waals surface area contributed by atoms with E-state index >= 15 is 0 Å². The summed E-state index contributed by atoms with van der Waals surface area (Å²) in [7, 11) is 1.50. The fourth-order valence-corrected chi connectivity index (χ4v) is 1.75. The second-order valence-corrected chi connectivity index (χ2v) is 5.15. The molecule has 0 radical (unpaired) electrons. The first kappa shape index (κ1) is 13.8. The van der Waals surface area contributed by atoms with Crippen LogP contribution in [0.3, 0.4) is 0 Å². The first-order valence-corrected chi connectivity index (χ1v) is 5.64. The van der Waals surface area contributed by atoms with Crippen molar-refractivity contribution in [2.24, 2.45) is 0 Å². The van der Waals surface area contributed by atoms with Gasteiger partial charge in [-0.3, -0.25) is 9.69 Å². The van der Waals surface area contributed by atoms with E-state index in [1.165, 1.54) is 11.9 Å². The Hall–Kier alpha value is -1.30. The Morgan fingerprint density at radius 3 is 2.47 bits per heavy atom. The maximum atomic E-state index is 11.8. The zero-order chi connectivity index (χ0) is 13.2. The molecule has 98 valence electrons. The number of hydrogen-bond acceptors (Lipinski definition) is 4. The normalized spacial score (nSPS) is 24.6. The average molecular weight is 244 g/mol. The highest BCUT2D eigenvalue weighted by Gasteiger charge is 2.40. The maximum absolute atomic E-state index is 11.8. The van der Waals surface area contributed by atoms with Crippen molar-refractivity contribution in [3.8, 4) is 0 Å². The molecule has 1 saturated heterocycles. The molecule has 1 heterocycles. The molecule has 2 atom stereocenters. The molecule has 6 heteroatoms. The quantitative estimate of drug-likeness (QED) is 0.686. The summed E-state index contributed by atoms with van der Waals surface area (Å²) in [6.45, 7) is 5.40. The number of hydrogen-bond donors (Lipinski definition) is 2. The summed E-state index contributed by atoms with van der Waals surface area (Å²) in [6.07, 6.45) is -0.994. The lowest BCUT2D eigenvalue weighted by Crippen LogP contribution is -2.46. The number of amides is 2. The largest absolute Gasteiger partial charge is 0.444 e. The first-order valence-electron chi connectivity index (χ1n) is 5.64. The van der Waals surface area contributed by atoms with Crippen molar-refractivity contribution >= 4 is 12.0 Å². The van der Waals surface area contributed by atoms with Crippen molar-refractivity contribution in [2.75, 3.05) is 13.6 Å². The first-order chi connectivity index (χ1) is 7.74. The summed E-state index contributed by atoms with van der Waals surface area (Å²) in [5.41, 5.74) is -0.613. The van der Waals surface area contributed by atoms with Crippen LogP contribution < -0.4 is 5.32 Å². The van der Waals surface area contributed by atoms with Gasteiger partial charge in [-0.2, -0.15) is 0 Å². The minimum Gasteiger partial charge on any atom is -0.444 e. The molecule has 2 amide bonds. The molecule has 1 fully saturated rings. The highest BCUT2D eigenvalue weighted by atomic mass is 16.6. The summed E-state index contributed by atoms with van der Waals surface area (Å²) >= 11 is 0. The van der Waals surface area contributed by atoms with Gasteiger partial charge in [-0.15, -0.1) is 0 Å². The molecular formula is C11H20N2O4. The predicted molar refractivity (Wildman–Crippen MR) is 61.4 cm³/mol. The van der Waals surface area contributed by atoms with Crippen molar-refractivity contribution in [1.82, 2.24) is 10.2 Å². The maximum Gasteiger partial charge on any atom is 0.411 e. The summed E-state index contributed by atoms with van der Waals surface area (Å²) in [5, 5.41) is 12.0. The van der Waals surface area contributed by atoms with Gasteiger partial charge in [0.05, 0.1) is 12.6 Å². The van der Waals surface area contributed by atoms with Crippen LogP contribution in [0.4, 0.5) is 4.79 Å². The van der Waals surface area contributed by atoms with E-state index in [1.807, 2.05) is 0 Å². The van der Waals surface area contributed by atoms with Crippen molar-refractivity contribution in [3.05, 3.63) is 0 Å². The van der Waals surface area contributed by atoms with Gasteiger partial charge in [-0.05, 0) is 20.8 Å². The zero-order valence-corrected chi connectivity index (χ0v) is 10.7. The number of carbonyl (C=O) groups is 2. The van der Waals surface area contributed by atoms with Crippen molar-refractivity contribution in [2.45, 2.75) is 44.9 Å². The molecule has 0 aromatic heterocycles. The van der Waals surface area contributed by atoms with Crippen LogP contribution in [0.5, 0.6) is 0 Å². The molecule has 1 aliphatic rings. The van der Waals surface area contributed by atoms with Gasteiger partial charge in [0.1, 0.15) is 11.6 Å². The van der Waals surface area contributed by atoms with Gasteiger partial charge in [-0.25, -0.2) is 4.79 Å². The predicted octanol–water partition coefficient (Wildman–Crippen LogP) is 0.103. The zero-order valence-electron chi connectivity index (χ0n) is 10.7. The number of nitrogens with zero attached hydrogens (tertiary/aromatic N) is 1. The third-order valence-corrected chi connectivity index (χ3v) is 2.46. The molecule has 0 aliphatic carbocycles. The Labute approximate surface area is 101 Å². The number of nitrogens with one attached hydrogen (secondary N) is 1. The van der Waals surface area contributed by atoms with Gasteiger partial charge < -0.3 is 15.2 Å². The van der Waals surface area contributed by atoms with Crippen LogP contribution >= 0.6 is 0 Å². The number of likely N-dealkylation sites (N-methyl/N-ethyl adjacent to an activating group) is 1. The van der Waals surface area contributed by atoms with E-state index in [4.69, 9.17) is 4.74 Å². The molecule has 6 nitrogen and oxygen atoms in total. The van der Waals surface area contributed by atoms with E-state index in [-0.39, 0.29) is 18.9 Å². The minimum absolute atomic E-state index is 0.132. The molecule has 2 N–H and O–H groups in total. The van der Waals surface area contributed by atoms with E-state index in [1.54, 1.807) is 20.8 Å². The van der Waals surface area contributed by atoms with Gasteiger partial charge >= 0.3 is 6.09 Å². The molecule has 0 unspecified atom stereocenters. The van der Waals surface area contributed by atoms with Crippen LogP contribution in [-0.4, -0.2) is 53.3 Å². The standard InChI is InChI=1S/C11H20N2O4/c1-11(2,3)17-10(16)13-6-7(14)5-8(13)9(15)12-4/h7-8,14H,5-6H2,1-4H3,(H,12,15)/t7-,8-/m0/s1. The fraction of sp³-hybridized carbons (Fsp3) is 0.818. The minimum atomic E-state index is -0.676. The van der Waals surface area contributed by atoms with Gasteiger partial charge in [0, 0.05) is 13.5 Å². The second kappa shape index (κ2) is 4.91. The Balaban J connectivity index is 2.73. The average Bonchev–Trinajstić information content (AvgIpc) is 2.56. The highest BCUT2D eigenvalue weighted by Crippen LogP contribution is 2.21. The Kier molecular flexibility index (Phi) is 3.98. The summed E-state index contributed by atoms with van der Waals surface area (Å²) < 4.78 is 5.19. The molecular weight excluding hydrogens is 224 g/mol. The SMILES string of the molecule is CNC(=O)[C@@H]1C[C@H](O)CN1C(=O)OC(C)(C)C. The van der Waals surface area contributed by atoms with Gasteiger partial charge in [0.15, 0.2) is 0 Å². The van der Waals surface area contributed by atoms with Crippen molar-refractivity contribution in [3.63, 3.8) is 0 Å². The molecule has 0 bridgehead atoms. The Morgan fingerprint density at radius 1 is 1.41 bits per heavy atom. The number of carbonyl (C=O) groups excluding carboxylic acids is 2. The fourth-order valence-electron chi connectivity index (χ4n) is 1.75. The van der Waals surface area contributed by atoms with E-state index < -0.39 is 23.8 Å². The van der Waals surface area contributed by atoms with E-state index in [9.17, 15) is 14.7 Å². The Bertz CT molecular complexity index is 311. The number of ether oxygens (including phenoxy) is 1. The van der Waals surface area contributed by atoms with Crippen LogP contribution in [0, 0.1) is 0 Å². The molecule has 1 aliphatic heterocycles. The lowest BCUT2D eigenvalue weighted by molar-refractivity contribution is -0.125. The highest BCUT2D eigenvalue weighted by molar-refractivity contribution is 5.86. The summed E-state index contributed by atoms with van der Waals surface area (Å²) in [4.78, 5) is 24.7. The van der Waals surface area contributed by atoms with Crippen LogP contribution in [0.2, 0.25) is 0 Å². The number of rotatable bonds is 1. The van der Waals surface area contributed by atoms with Crippen LogP contribution in [0.1, 0.15) is 27.2 Å². The lowest BCUT2D eigenvalue weighted by atomic mass is 10.2. The molecule has 0 spiro atoms. The lowest BCUT2D eigenvalue weighted by Gasteiger charge is -2.27. The molecule has 0 aromatic carbocycles.